The van der Waals surface area contributed by atoms with Gasteiger partial charge in [0, 0.05) is 37.8 Å². The van der Waals surface area contributed by atoms with Gasteiger partial charge in [0.25, 0.3) is 5.91 Å². The number of sulfonamides is 1. The Balaban J connectivity index is 1.92. The van der Waals surface area contributed by atoms with Crippen LogP contribution in [-0.4, -0.2) is 50.7 Å². The third-order valence-electron chi connectivity index (χ3n) is 4.68. The van der Waals surface area contributed by atoms with Gasteiger partial charge in [0.2, 0.25) is 21.8 Å². The fourth-order valence-electron chi connectivity index (χ4n) is 2.90. The Hall–Kier alpha value is -3.24. The van der Waals surface area contributed by atoms with Crippen molar-refractivity contribution in [3.8, 4) is 0 Å². The summed E-state index contributed by atoms with van der Waals surface area (Å²) < 4.78 is 27.4. The Morgan fingerprint density at radius 3 is 2.03 bits per heavy atom. The fraction of sp³-hybridized carbons (Fsp3) is 0.318. The van der Waals surface area contributed by atoms with Crippen LogP contribution in [0.1, 0.15) is 36.7 Å². The van der Waals surface area contributed by atoms with Crippen LogP contribution >= 0.6 is 0 Å². The highest BCUT2D eigenvalue weighted by molar-refractivity contribution is 7.89. The van der Waals surface area contributed by atoms with Gasteiger partial charge in [-0.2, -0.15) is 0 Å². The van der Waals surface area contributed by atoms with E-state index in [9.17, 15) is 22.8 Å². The molecular weight excluding hydrogens is 432 g/mol. The molecule has 0 saturated carbocycles. The lowest BCUT2D eigenvalue weighted by atomic mass is 10.1. The second-order valence-corrected chi connectivity index (χ2v) is 8.74. The Morgan fingerprint density at radius 1 is 0.906 bits per heavy atom. The molecule has 0 unspecified atom stereocenters. The van der Waals surface area contributed by atoms with Gasteiger partial charge in [0.05, 0.1) is 11.4 Å². The number of hydrogen-bond donors (Lipinski definition) is 3. The molecule has 0 aliphatic carbocycles. The quantitative estimate of drug-likeness (QED) is 0.498. The highest BCUT2D eigenvalue weighted by Crippen LogP contribution is 2.14. The minimum atomic E-state index is -3.75. The Bertz CT molecular complexity index is 1050. The molecule has 2 aromatic rings. The van der Waals surface area contributed by atoms with E-state index in [1.807, 2.05) is 13.8 Å². The zero-order valence-corrected chi connectivity index (χ0v) is 19.2. The van der Waals surface area contributed by atoms with Crippen molar-refractivity contribution >= 4 is 33.4 Å². The molecule has 2 aromatic carbocycles. The highest BCUT2D eigenvalue weighted by Gasteiger charge is 2.15. The van der Waals surface area contributed by atoms with E-state index < -0.39 is 10.0 Å². The van der Waals surface area contributed by atoms with E-state index in [2.05, 4.69) is 15.4 Å². The van der Waals surface area contributed by atoms with Gasteiger partial charge >= 0.3 is 0 Å². The predicted octanol–water partition coefficient (Wildman–Crippen LogP) is 1.72. The van der Waals surface area contributed by atoms with Crippen molar-refractivity contribution in [2.75, 3.05) is 25.0 Å². The molecule has 0 fully saturated rings. The number of benzene rings is 2. The monoisotopic (exact) mass is 460 g/mol. The molecule has 0 aliphatic rings. The van der Waals surface area contributed by atoms with Gasteiger partial charge in [-0.15, -0.1) is 0 Å². The third-order valence-corrected chi connectivity index (χ3v) is 6.10. The lowest BCUT2D eigenvalue weighted by Gasteiger charge is -2.18. The maximum atomic E-state index is 12.5. The van der Waals surface area contributed by atoms with Crippen molar-refractivity contribution < 1.29 is 22.8 Å². The summed E-state index contributed by atoms with van der Waals surface area (Å²) in [6, 6.07) is 12.3. The van der Waals surface area contributed by atoms with Crippen molar-refractivity contribution in [2.24, 2.45) is 0 Å². The first-order valence-electron chi connectivity index (χ1n) is 10.2. The lowest BCUT2D eigenvalue weighted by Crippen LogP contribution is -2.40. The van der Waals surface area contributed by atoms with E-state index in [-0.39, 0.29) is 35.7 Å². The minimum Gasteiger partial charge on any atom is -0.343 e. The van der Waals surface area contributed by atoms with E-state index in [0.29, 0.717) is 29.9 Å². The average molecular weight is 461 g/mol. The second kappa shape index (κ2) is 11.4. The first-order chi connectivity index (χ1) is 15.2. The normalized spacial score (nSPS) is 11.0. The largest absolute Gasteiger partial charge is 0.343 e. The lowest BCUT2D eigenvalue weighted by molar-refractivity contribution is -0.129. The molecule has 3 N–H and O–H groups in total. The number of anilines is 1. The second-order valence-electron chi connectivity index (χ2n) is 6.98. The summed E-state index contributed by atoms with van der Waals surface area (Å²) in [4.78, 5) is 37.0. The Morgan fingerprint density at radius 2 is 1.50 bits per heavy atom. The topological polar surface area (TPSA) is 125 Å². The smallest absolute Gasteiger partial charge is 0.251 e. The molecule has 2 rings (SSSR count). The van der Waals surface area contributed by atoms with Crippen LogP contribution in [0.2, 0.25) is 0 Å². The van der Waals surface area contributed by atoms with Gasteiger partial charge < -0.3 is 15.5 Å². The summed E-state index contributed by atoms with van der Waals surface area (Å²) in [7, 11) is -3.75. The van der Waals surface area contributed by atoms with Crippen LogP contribution in [0.3, 0.4) is 0 Å². The molecule has 172 valence electrons. The number of amides is 3. The molecule has 10 heteroatoms. The van der Waals surface area contributed by atoms with Gasteiger partial charge in [0.15, 0.2) is 0 Å². The molecule has 32 heavy (non-hydrogen) atoms. The molecular formula is C22H28N4O5S. The zero-order valence-electron chi connectivity index (χ0n) is 18.3. The Kier molecular flexibility index (Phi) is 8.91. The first kappa shape index (κ1) is 25.0. The average Bonchev–Trinajstić information content (AvgIpc) is 2.77. The van der Waals surface area contributed by atoms with Gasteiger partial charge in [-0.3, -0.25) is 14.4 Å². The van der Waals surface area contributed by atoms with E-state index in [0.717, 1.165) is 0 Å². The van der Waals surface area contributed by atoms with Crippen molar-refractivity contribution in [3.05, 3.63) is 59.7 Å². The molecule has 0 radical (unpaired) electrons. The summed E-state index contributed by atoms with van der Waals surface area (Å²) in [5, 5.41) is 5.17. The first-order valence-corrected chi connectivity index (χ1v) is 11.7. The van der Waals surface area contributed by atoms with Crippen molar-refractivity contribution in [2.45, 2.75) is 32.2 Å². The predicted molar refractivity (Wildman–Crippen MR) is 121 cm³/mol. The zero-order chi connectivity index (χ0) is 23.7. The SMILES string of the molecule is CCN(CC)C(=O)CNC(=O)c1ccc(CNS(=O)(=O)c2ccc(NC(C)=O)cc2)cc1. The third kappa shape index (κ3) is 7.17. The van der Waals surface area contributed by atoms with Crippen LogP contribution in [0.25, 0.3) is 0 Å². The molecule has 0 aromatic heterocycles. The number of likely N-dealkylation sites (N-methyl/N-ethyl adjacent to an activating group) is 1. The van der Waals surface area contributed by atoms with Crippen LogP contribution in [0.4, 0.5) is 5.69 Å². The number of nitrogens with one attached hydrogen (secondary N) is 3. The summed E-state index contributed by atoms with van der Waals surface area (Å²) in [6.07, 6.45) is 0. The van der Waals surface area contributed by atoms with Crippen LogP contribution < -0.4 is 15.4 Å². The summed E-state index contributed by atoms with van der Waals surface area (Å²) >= 11 is 0. The van der Waals surface area contributed by atoms with E-state index in [1.165, 1.54) is 31.2 Å². The number of carbonyl (C=O) groups is 3. The molecule has 3 amide bonds. The molecule has 0 bridgehead atoms. The van der Waals surface area contributed by atoms with E-state index in [4.69, 9.17) is 0 Å². The molecule has 9 nitrogen and oxygen atoms in total. The van der Waals surface area contributed by atoms with Crippen LogP contribution in [0.15, 0.2) is 53.4 Å². The fourth-order valence-corrected chi connectivity index (χ4v) is 3.92. The van der Waals surface area contributed by atoms with Crippen molar-refractivity contribution in [1.29, 1.82) is 0 Å². The maximum Gasteiger partial charge on any atom is 0.251 e. The number of hydrogen-bond acceptors (Lipinski definition) is 5. The molecule has 0 saturated heterocycles. The van der Waals surface area contributed by atoms with Crippen LogP contribution in [0.5, 0.6) is 0 Å². The highest BCUT2D eigenvalue weighted by atomic mass is 32.2. The molecule has 0 atom stereocenters. The van der Waals surface area contributed by atoms with Crippen LogP contribution in [-0.2, 0) is 26.2 Å². The van der Waals surface area contributed by atoms with E-state index in [1.54, 1.807) is 29.2 Å². The number of rotatable bonds is 10. The maximum absolute atomic E-state index is 12.5. The van der Waals surface area contributed by atoms with Crippen LogP contribution in [0, 0.1) is 0 Å². The van der Waals surface area contributed by atoms with Gasteiger partial charge in [0.1, 0.15) is 0 Å². The van der Waals surface area contributed by atoms with Crippen molar-refractivity contribution in [1.82, 2.24) is 14.9 Å². The molecule has 0 aliphatic heterocycles. The summed E-state index contributed by atoms with van der Waals surface area (Å²) in [6.45, 7) is 6.23. The van der Waals surface area contributed by atoms with Gasteiger partial charge in [-0.25, -0.2) is 13.1 Å². The van der Waals surface area contributed by atoms with Gasteiger partial charge in [-0.1, -0.05) is 12.1 Å². The number of nitrogens with zero attached hydrogens (tertiary/aromatic N) is 1. The molecule has 0 heterocycles. The van der Waals surface area contributed by atoms with Gasteiger partial charge in [-0.05, 0) is 55.8 Å². The van der Waals surface area contributed by atoms with E-state index >= 15 is 0 Å². The summed E-state index contributed by atoms with van der Waals surface area (Å²) in [5.41, 5.74) is 1.54. The Labute approximate surface area is 188 Å². The molecule has 0 spiro atoms. The van der Waals surface area contributed by atoms with Crippen molar-refractivity contribution in [3.63, 3.8) is 0 Å². The standard InChI is InChI=1S/C22H28N4O5S/c1-4-26(5-2)21(28)15-23-22(29)18-8-6-17(7-9-18)14-24-32(30,31)20-12-10-19(11-13-20)25-16(3)27/h6-13,24H,4-5,14-15H2,1-3H3,(H,23,29)(H,25,27). The summed E-state index contributed by atoms with van der Waals surface area (Å²) in [5.74, 6) is -0.775. The number of carbonyl (C=O) groups excluding carboxylic acids is 3. The minimum absolute atomic E-state index is 0.0398.